The lowest BCUT2D eigenvalue weighted by Gasteiger charge is -2.24. The summed E-state index contributed by atoms with van der Waals surface area (Å²) in [6, 6.07) is 37.8. The van der Waals surface area contributed by atoms with Crippen LogP contribution in [-0.2, 0) is 9.53 Å². The summed E-state index contributed by atoms with van der Waals surface area (Å²) in [5, 5.41) is 0. The lowest BCUT2D eigenvalue weighted by atomic mass is 9.96. The zero-order valence-electron chi connectivity index (χ0n) is 28.7. The van der Waals surface area contributed by atoms with Crippen LogP contribution >= 0.6 is 11.3 Å². The van der Waals surface area contributed by atoms with Gasteiger partial charge in [0.15, 0.2) is 4.80 Å². The first kappa shape index (κ1) is 33.5. The smallest absolute Gasteiger partial charge is 0.338 e. The van der Waals surface area contributed by atoms with Crippen molar-refractivity contribution in [1.82, 2.24) is 9.13 Å². The van der Waals surface area contributed by atoms with E-state index in [9.17, 15) is 9.59 Å². The Labute approximate surface area is 300 Å². The second-order valence-electron chi connectivity index (χ2n) is 12.2. The highest BCUT2D eigenvalue weighted by Gasteiger charge is 2.33. The van der Waals surface area contributed by atoms with Gasteiger partial charge in [-0.05, 0) is 73.9 Å². The molecule has 7 rings (SSSR count). The molecular weight excluding hydrogens is 655 g/mol. The van der Waals surface area contributed by atoms with E-state index in [1.807, 2.05) is 66.7 Å². The van der Waals surface area contributed by atoms with E-state index in [2.05, 4.69) is 72.7 Å². The molecule has 0 fully saturated rings. The third-order valence-corrected chi connectivity index (χ3v) is 9.79. The number of thiazole rings is 1. The van der Waals surface area contributed by atoms with Crippen molar-refractivity contribution in [3.8, 4) is 34.0 Å². The minimum Gasteiger partial charge on any atom is -0.490 e. The summed E-state index contributed by atoms with van der Waals surface area (Å²) in [6.45, 7) is 9.92. The lowest BCUT2D eigenvalue weighted by molar-refractivity contribution is -0.139. The van der Waals surface area contributed by atoms with Gasteiger partial charge < -0.3 is 14.0 Å². The molecule has 1 aliphatic heterocycles. The first-order chi connectivity index (χ1) is 24.9. The van der Waals surface area contributed by atoms with Crippen molar-refractivity contribution in [3.63, 3.8) is 0 Å². The molecule has 0 bridgehead atoms. The van der Waals surface area contributed by atoms with Crippen molar-refractivity contribution >= 4 is 23.4 Å². The highest BCUT2D eigenvalue weighted by atomic mass is 32.1. The van der Waals surface area contributed by atoms with Gasteiger partial charge in [0, 0.05) is 11.3 Å². The number of fused-ring (bicyclic) bond motifs is 1. The number of hydrogen-bond donors (Lipinski definition) is 0. The van der Waals surface area contributed by atoms with E-state index < -0.39 is 12.0 Å². The van der Waals surface area contributed by atoms with Crippen LogP contribution in [0.4, 0.5) is 0 Å². The molecule has 254 valence electrons. The van der Waals surface area contributed by atoms with E-state index in [1.54, 1.807) is 24.5 Å². The van der Waals surface area contributed by atoms with Crippen molar-refractivity contribution in [2.24, 2.45) is 4.99 Å². The summed E-state index contributed by atoms with van der Waals surface area (Å²) < 4.78 is 15.6. The molecule has 2 aromatic heterocycles. The van der Waals surface area contributed by atoms with Gasteiger partial charge in [0.1, 0.15) is 12.4 Å². The second kappa shape index (κ2) is 14.5. The highest BCUT2D eigenvalue weighted by Crippen LogP contribution is 2.37. The largest absolute Gasteiger partial charge is 0.490 e. The third-order valence-electron chi connectivity index (χ3n) is 8.81. The van der Waals surface area contributed by atoms with Crippen LogP contribution in [0.1, 0.15) is 36.6 Å². The fourth-order valence-electron chi connectivity index (χ4n) is 6.46. The Bertz CT molecular complexity index is 2440. The van der Waals surface area contributed by atoms with Gasteiger partial charge in [-0.25, -0.2) is 9.79 Å². The van der Waals surface area contributed by atoms with E-state index in [-0.39, 0.29) is 12.2 Å². The number of carbonyl (C=O) groups excluding carboxylic acids is 1. The standard InChI is InChI=1S/C43H37N3O4S/c1-5-25-50-35-23-19-32(20-24-35)40-38(42(48)49-6-2)29(4)44-43-46(40)41(47)37(51-43)27-33-26-36(30-13-9-7-10-14-30)45(34-21-17-28(3)18-22-34)39(33)31-15-11-8-12-16-31/h5,7-24,26-27,40H,1,6,25H2,2-4H3/b37-27-/t40-/m0/s1. The molecule has 1 atom stereocenters. The van der Waals surface area contributed by atoms with Gasteiger partial charge in [-0.3, -0.25) is 9.36 Å². The molecule has 0 spiro atoms. The topological polar surface area (TPSA) is 74.8 Å². The van der Waals surface area contributed by atoms with E-state index >= 15 is 0 Å². The number of hydrogen-bond acceptors (Lipinski definition) is 6. The maximum absolute atomic E-state index is 14.6. The van der Waals surface area contributed by atoms with Gasteiger partial charge in [-0.1, -0.05) is 114 Å². The summed E-state index contributed by atoms with van der Waals surface area (Å²) in [7, 11) is 0. The van der Waals surface area contributed by atoms with Crippen molar-refractivity contribution in [2.75, 3.05) is 13.2 Å². The predicted molar refractivity (Wildman–Crippen MR) is 204 cm³/mol. The average molecular weight is 692 g/mol. The Morgan fingerprint density at radius 1 is 0.902 bits per heavy atom. The first-order valence-electron chi connectivity index (χ1n) is 16.8. The number of allylic oxidation sites excluding steroid dienone is 1. The first-order valence-corrected chi connectivity index (χ1v) is 17.7. The van der Waals surface area contributed by atoms with Gasteiger partial charge in [-0.2, -0.15) is 0 Å². The van der Waals surface area contributed by atoms with Crippen LogP contribution in [0.5, 0.6) is 5.75 Å². The zero-order chi connectivity index (χ0) is 35.5. The molecule has 7 nitrogen and oxygen atoms in total. The molecule has 0 unspecified atom stereocenters. The third kappa shape index (κ3) is 6.54. The Morgan fingerprint density at radius 2 is 1.57 bits per heavy atom. The second-order valence-corrected chi connectivity index (χ2v) is 13.2. The maximum atomic E-state index is 14.6. The van der Waals surface area contributed by atoms with Gasteiger partial charge in [0.2, 0.25) is 0 Å². The van der Waals surface area contributed by atoms with E-state index in [0.717, 1.165) is 39.3 Å². The van der Waals surface area contributed by atoms with E-state index in [0.29, 0.717) is 33.0 Å². The number of rotatable bonds is 10. The molecule has 1 aliphatic rings. The van der Waals surface area contributed by atoms with Gasteiger partial charge >= 0.3 is 5.97 Å². The minimum absolute atomic E-state index is 0.199. The number of benzene rings is 4. The summed E-state index contributed by atoms with van der Waals surface area (Å²) in [5.74, 6) is 0.157. The van der Waals surface area contributed by atoms with Crippen LogP contribution in [0.25, 0.3) is 34.3 Å². The van der Waals surface area contributed by atoms with Gasteiger partial charge in [-0.15, -0.1) is 0 Å². The normalized spacial score (nSPS) is 14.2. The molecule has 0 saturated heterocycles. The van der Waals surface area contributed by atoms with Crippen LogP contribution in [0, 0.1) is 6.92 Å². The van der Waals surface area contributed by atoms with Crippen LogP contribution in [0.2, 0.25) is 0 Å². The number of esters is 1. The lowest BCUT2D eigenvalue weighted by Crippen LogP contribution is -2.39. The highest BCUT2D eigenvalue weighted by molar-refractivity contribution is 7.07. The number of nitrogens with zero attached hydrogens (tertiary/aromatic N) is 3. The van der Waals surface area contributed by atoms with Crippen LogP contribution in [0.3, 0.4) is 0 Å². The van der Waals surface area contributed by atoms with E-state index in [1.165, 1.54) is 16.9 Å². The number of aromatic nitrogens is 2. The maximum Gasteiger partial charge on any atom is 0.338 e. The van der Waals surface area contributed by atoms with E-state index in [4.69, 9.17) is 14.5 Å². The fourth-order valence-corrected chi connectivity index (χ4v) is 7.50. The predicted octanol–water partition coefficient (Wildman–Crippen LogP) is 7.80. The summed E-state index contributed by atoms with van der Waals surface area (Å²) >= 11 is 1.31. The zero-order valence-corrected chi connectivity index (χ0v) is 29.5. The Kier molecular flexibility index (Phi) is 9.51. The average Bonchev–Trinajstić information content (AvgIpc) is 3.68. The number of carbonyl (C=O) groups is 1. The Hall–Kier alpha value is -5.99. The van der Waals surface area contributed by atoms with Gasteiger partial charge in [0.05, 0.1) is 39.8 Å². The van der Waals surface area contributed by atoms with Crippen molar-refractivity contribution in [1.29, 1.82) is 0 Å². The monoisotopic (exact) mass is 691 g/mol. The van der Waals surface area contributed by atoms with Crippen molar-refractivity contribution < 1.29 is 14.3 Å². The number of ether oxygens (including phenoxy) is 2. The van der Waals surface area contributed by atoms with Crippen molar-refractivity contribution in [2.45, 2.75) is 26.8 Å². The molecular formula is C43H37N3O4S. The molecule has 0 saturated carbocycles. The quantitative estimate of drug-likeness (QED) is 0.109. The molecule has 0 aliphatic carbocycles. The van der Waals surface area contributed by atoms with Crippen LogP contribution in [-0.4, -0.2) is 28.3 Å². The Morgan fingerprint density at radius 3 is 2.22 bits per heavy atom. The summed E-state index contributed by atoms with van der Waals surface area (Å²) in [5.41, 5.74) is 8.41. The summed E-state index contributed by atoms with van der Waals surface area (Å²) in [4.78, 5) is 33.4. The Balaban J connectivity index is 1.47. The molecule has 3 heterocycles. The fraction of sp³-hybridized carbons (Fsp3) is 0.140. The SMILES string of the molecule is C=CCOc1ccc([C@H]2C(C(=O)OCC)=C(C)N=c3s/c(=C\c4cc(-c5ccccc5)n(-c5ccc(C)cc5)c4-c4ccccc4)c(=O)n32)cc1. The minimum atomic E-state index is -0.735. The van der Waals surface area contributed by atoms with Crippen LogP contribution in [0.15, 0.2) is 149 Å². The molecule has 51 heavy (non-hydrogen) atoms. The molecule has 0 N–H and O–H groups in total. The van der Waals surface area contributed by atoms with Crippen LogP contribution < -0.4 is 19.6 Å². The summed E-state index contributed by atoms with van der Waals surface area (Å²) in [6.07, 6.45) is 3.63. The molecule has 0 radical (unpaired) electrons. The molecule has 8 heteroatoms. The molecule has 0 amide bonds. The van der Waals surface area contributed by atoms with Gasteiger partial charge in [0.25, 0.3) is 5.56 Å². The molecule has 6 aromatic rings. The molecule has 4 aromatic carbocycles. The van der Waals surface area contributed by atoms with Crippen molar-refractivity contribution in [3.05, 3.63) is 176 Å². The number of aryl methyl sites for hydroxylation is 1.